The summed E-state index contributed by atoms with van der Waals surface area (Å²) in [6, 6.07) is 32.3. The number of nitrogen functional groups attached to an aromatic ring is 1. The van der Waals surface area contributed by atoms with Gasteiger partial charge >= 0.3 is 0 Å². The zero-order chi connectivity index (χ0) is 25.8. The number of carbonyl (C=O) groups is 1. The Morgan fingerprint density at radius 2 is 1.46 bits per heavy atom. The number of benzene rings is 3. The van der Waals surface area contributed by atoms with Gasteiger partial charge in [0.05, 0.1) is 17.3 Å². The van der Waals surface area contributed by atoms with Gasteiger partial charge in [-0.1, -0.05) is 78.9 Å². The Hall–Kier alpha value is -5.53. The lowest BCUT2D eigenvalue weighted by Crippen LogP contribution is -2.42. The second-order valence-electron chi connectivity index (χ2n) is 8.42. The molecule has 37 heavy (non-hydrogen) atoms. The van der Waals surface area contributed by atoms with E-state index in [0.717, 1.165) is 11.1 Å². The number of nitrogens with zero attached hydrogens (tertiary/aromatic N) is 2. The lowest BCUT2D eigenvalue weighted by Gasteiger charge is -2.15. The number of aromatic amines is 1. The molecule has 1 unspecified atom stereocenters. The van der Waals surface area contributed by atoms with E-state index in [-0.39, 0.29) is 11.7 Å². The maximum absolute atomic E-state index is 12.9. The predicted octanol–water partition coefficient (Wildman–Crippen LogP) is 4.81. The van der Waals surface area contributed by atoms with Crippen molar-refractivity contribution >= 4 is 23.4 Å². The minimum atomic E-state index is -0.748. The SMILES string of the molecule is N#CC1=C(c2ccccc2)/C(=C/c2[nH]c(N)c(C#N)c2-c2ccccc2)NC1NC(=O)c1ccccc1. The molecule has 0 spiro atoms. The molecular formula is C30H22N6O. The molecule has 0 fully saturated rings. The number of aromatic nitrogens is 1. The third-order valence-corrected chi connectivity index (χ3v) is 6.14. The lowest BCUT2D eigenvalue weighted by atomic mass is 9.97. The molecule has 1 aromatic heterocycles. The van der Waals surface area contributed by atoms with Gasteiger partial charge < -0.3 is 21.4 Å². The number of nitriles is 2. The Morgan fingerprint density at radius 3 is 2.05 bits per heavy atom. The summed E-state index contributed by atoms with van der Waals surface area (Å²) >= 11 is 0. The molecule has 7 nitrogen and oxygen atoms in total. The number of nitrogens with two attached hydrogens (primary N) is 1. The fraction of sp³-hybridized carbons (Fsp3) is 0.0333. The molecule has 0 radical (unpaired) electrons. The molecule has 1 amide bonds. The normalized spacial score (nSPS) is 15.6. The molecule has 5 N–H and O–H groups in total. The first kappa shape index (κ1) is 23.2. The van der Waals surface area contributed by atoms with Crippen LogP contribution >= 0.6 is 0 Å². The largest absolute Gasteiger partial charge is 0.384 e. The first-order chi connectivity index (χ1) is 18.1. The van der Waals surface area contributed by atoms with Crippen molar-refractivity contribution in [2.24, 2.45) is 0 Å². The second-order valence-corrected chi connectivity index (χ2v) is 8.42. The van der Waals surface area contributed by atoms with E-state index in [1.165, 1.54) is 0 Å². The molecule has 0 bridgehead atoms. The molecule has 3 aromatic carbocycles. The Kier molecular flexibility index (Phi) is 6.27. The molecule has 0 saturated carbocycles. The standard InChI is InChI=1S/C30H22N6O/c31-17-22-26(19-10-4-1-5-11-19)24(34-28(22)33)16-25-27(20-12-6-2-7-13-20)23(18-32)29(35-25)36-30(37)21-14-8-3-9-15-21/h1-16,29,34-35H,33H2,(H,36,37)/b25-16-. The summed E-state index contributed by atoms with van der Waals surface area (Å²) in [5.74, 6) is -0.0498. The van der Waals surface area contributed by atoms with Crippen molar-refractivity contribution in [1.82, 2.24) is 15.6 Å². The maximum atomic E-state index is 12.9. The van der Waals surface area contributed by atoms with Crippen LogP contribution in [0, 0.1) is 22.7 Å². The number of H-pyrrole nitrogens is 1. The number of rotatable bonds is 5. The molecule has 1 aliphatic rings. The van der Waals surface area contributed by atoms with E-state index in [9.17, 15) is 15.3 Å². The summed E-state index contributed by atoms with van der Waals surface area (Å²) in [5, 5.41) is 26.2. The fourth-order valence-electron chi connectivity index (χ4n) is 4.46. The van der Waals surface area contributed by atoms with Crippen molar-refractivity contribution in [1.29, 1.82) is 10.5 Å². The summed E-state index contributed by atoms with van der Waals surface area (Å²) in [7, 11) is 0. The minimum Gasteiger partial charge on any atom is -0.384 e. The highest BCUT2D eigenvalue weighted by Crippen LogP contribution is 2.37. The molecule has 5 rings (SSSR count). The summed E-state index contributed by atoms with van der Waals surface area (Å²) in [6.07, 6.45) is 1.08. The highest BCUT2D eigenvalue weighted by atomic mass is 16.1. The van der Waals surface area contributed by atoms with Gasteiger partial charge in [-0.15, -0.1) is 0 Å². The van der Waals surface area contributed by atoms with Crippen molar-refractivity contribution in [3.63, 3.8) is 0 Å². The Bertz CT molecular complexity index is 1600. The molecule has 2 heterocycles. The quantitative estimate of drug-likeness (QED) is 0.324. The monoisotopic (exact) mass is 482 g/mol. The van der Waals surface area contributed by atoms with Crippen LogP contribution in [0.5, 0.6) is 0 Å². The highest BCUT2D eigenvalue weighted by molar-refractivity contribution is 5.97. The Labute approximate surface area is 214 Å². The Morgan fingerprint density at radius 1 is 0.865 bits per heavy atom. The van der Waals surface area contributed by atoms with E-state index >= 15 is 0 Å². The number of amides is 1. The Balaban J connectivity index is 1.63. The maximum Gasteiger partial charge on any atom is 0.253 e. The van der Waals surface area contributed by atoms with Crippen LogP contribution in [0.25, 0.3) is 22.8 Å². The summed E-state index contributed by atoms with van der Waals surface area (Å²) in [4.78, 5) is 16.1. The van der Waals surface area contributed by atoms with Crippen LogP contribution in [0.15, 0.2) is 102 Å². The molecule has 1 aliphatic heterocycles. The average Bonchev–Trinajstić information content (AvgIpc) is 3.45. The van der Waals surface area contributed by atoms with E-state index in [0.29, 0.717) is 39.2 Å². The smallest absolute Gasteiger partial charge is 0.253 e. The van der Waals surface area contributed by atoms with Crippen LogP contribution in [0.1, 0.15) is 27.2 Å². The lowest BCUT2D eigenvalue weighted by molar-refractivity contribution is 0.0940. The highest BCUT2D eigenvalue weighted by Gasteiger charge is 2.32. The summed E-state index contributed by atoms with van der Waals surface area (Å²) in [6.45, 7) is 0. The molecule has 4 aromatic rings. The molecular weight excluding hydrogens is 460 g/mol. The topological polar surface area (TPSA) is 131 Å². The molecule has 178 valence electrons. The number of hydrogen-bond acceptors (Lipinski definition) is 5. The number of carbonyl (C=O) groups excluding carboxylic acids is 1. The first-order valence-electron chi connectivity index (χ1n) is 11.6. The molecule has 7 heteroatoms. The van der Waals surface area contributed by atoms with Crippen molar-refractivity contribution in [3.8, 4) is 23.3 Å². The molecule has 1 atom stereocenters. The van der Waals surface area contributed by atoms with E-state index in [1.807, 2.05) is 72.8 Å². The van der Waals surface area contributed by atoms with Crippen LogP contribution in [0.3, 0.4) is 0 Å². The van der Waals surface area contributed by atoms with E-state index in [4.69, 9.17) is 5.73 Å². The molecule has 0 saturated heterocycles. The van der Waals surface area contributed by atoms with Gasteiger partial charge in [0, 0.05) is 22.4 Å². The van der Waals surface area contributed by atoms with Gasteiger partial charge in [-0.05, 0) is 29.3 Å². The molecule has 0 aliphatic carbocycles. The number of hydrogen-bond donors (Lipinski definition) is 4. The third kappa shape index (κ3) is 4.45. The van der Waals surface area contributed by atoms with E-state index in [2.05, 4.69) is 27.8 Å². The van der Waals surface area contributed by atoms with Gasteiger partial charge in [0.2, 0.25) is 0 Å². The van der Waals surface area contributed by atoms with Gasteiger partial charge in [0.15, 0.2) is 0 Å². The van der Waals surface area contributed by atoms with Gasteiger partial charge in [-0.3, -0.25) is 4.79 Å². The van der Waals surface area contributed by atoms with Crippen molar-refractivity contribution in [3.05, 3.63) is 125 Å². The van der Waals surface area contributed by atoms with Crippen LogP contribution in [0.2, 0.25) is 0 Å². The van der Waals surface area contributed by atoms with E-state index in [1.54, 1.807) is 24.3 Å². The summed E-state index contributed by atoms with van der Waals surface area (Å²) in [5.41, 5.74) is 11.6. The van der Waals surface area contributed by atoms with Crippen molar-refractivity contribution < 1.29 is 4.79 Å². The van der Waals surface area contributed by atoms with Gasteiger partial charge in [0.25, 0.3) is 5.91 Å². The zero-order valence-corrected chi connectivity index (χ0v) is 19.7. The van der Waals surface area contributed by atoms with Crippen LogP contribution < -0.4 is 16.4 Å². The van der Waals surface area contributed by atoms with Crippen molar-refractivity contribution in [2.75, 3.05) is 5.73 Å². The van der Waals surface area contributed by atoms with E-state index < -0.39 is 6.17 Å². The van der Waals surface area contributed by atoms with Crippen LogP contribution in [0.4, 0.5) is 5.82 Å². The van der Waals surface area contributed by atoms with Gasteiger partial charge in [0.1, 0.15) is 23.6 Å². The zero-order valence-electron chi connectivity index (χ0n) is 19.7. The minimum absolute atomic E-state index is 0.255. The second kappa shape index (κ2) is 9.99. The van der Waals surface area contributed by atoms with Gasteiger partial charge in [-0.2, -0.15) is 10.5 Å². The van der Waals surface area contributed by atoms with Gasteiger partial charge in [-0.25, -0.2) is 0 Å². The van der Waals surface area contributed by atoms with Crippen LogP contribution in [-0.4, -0.2) is 17.1 Å². The number of nitrogens with one attached hydrogen (secondary N) is 3. The van der Waals surface area contributed by atoms with Crippen LogP contribution in [-0.2, 0) is 0 Å². The average molecular weight is 483 g/mol. The number of allylic oxidation sites excluding steroid dienone is 1. The predicted molar refractivity (Wildman–Crippen MR) is 143 cm³/mol. The third-order valence-electron chi connectivity index (χ3n) is 6.14. The summed E-state index contributed by atoms with van der Waals surface area (Å²) < 4.78 is 0. The van der Waals surface area contributed by atoms with Crippen molar-refractivity contribution in [2.45, 2.75) is 6.17 Å². The fourth-order valence-corrected chi connectivity index (χ4v) is 4.46. The first-order valence-corrected chi connectivity index (χ1v) is 11.6. The number of anilines is 1.